The van der Waals surface area contributed by atoms with Gasteiger partial charge in [0.2, 0.25) is 11.0 Å². The predicted molar refractivity (Wildman–Crippen MR) is 122 cm³/mol. The summed E-state index contributed by atoms with van der Waals surface area (Å²) in [6, 6.07) is 26.3. The van der Waals surface area contributed by atoms with Crippen LogP contribution in [0.2, 0.25) is 0 Å². The van der Waals surface area contributed by atoms with Crippen LogP contribution < -0.4 is 10.1 Å². The molecule has 148 valence electrons. The zero-order chi connectivity index (χ0) is 20.3. The van der Waals surface area contributed by atoms with E-state index in [0.29, 0.717) is 16.7 Å². The predicted octanol–water partition coefficient (Wildman–Crippen LogP) is 6.10. The molecule has 0 saturated heterocycles. The number of benzene rings is 3. The third-order valence-electron chi connectivity index (χ3n) is 4.72. The fourth-order valence-corrected chi connectivity index (χ4v) is 4.22. The Morgan fingerprint density at radius 2 is 1.67 bits per heavy atom. The SMILES string of the molecule is Brc1ccc(C2Nc3ccccc3-c3nnc(SCc4ccccc4)nc3O2)cc1. The van der Waals surface area contributed by atoms with Crippen LogP contribution in [0.25, 0.3) is 11.3 Å². The smallest absolute Gasteiger partial charge is 0.247 e. The minimum atomic E-state index is -0.385. The van der Waals surface area contributed by atoms with Crippen molar-refractivity contribution in [1.29, 1.82) is 0 Å². The molecule has 3 aromatic carbocycles. The number of anilines is 1. The second-order valence-corrected chi connectivity index (χ2v) is 8.62. The van der Waals surface area contributed by atoms with Gasteiger partial charge in [0, 0.05) is 27.0 Å². The Morgan fingerprint density at radius 3 is 2.50 bits per heavy atom. The lowest BCUT2D eigenvalue weighted by molar-refractivity contribution is 0.225. The van der Waals surface area contributed by atoms with Crippen LogP contribution in [0, 0.1) is 0 Å². The molecule has 1 unspecified atom stereocenters. The fourth-order valence-electron chi connectivity index (χ4n) is 3.22. The van der Waals surface area contributed by atoms with Gasteiger partial charge in [-0.25, -0.2) is 0 Å². The molecule has 0 radical (unpaired) electrons. The lowest BCUT2D eigenvalue weighted by atomic mass is 10.1. The zero-order valence-corrected chi connectivity index (χ0v) is 18.2. The number of thioether (sulfide) groups is 1. The van der Waals surface area contributed by atoms with Crippen molar-refractivity contribution in [3.63, 3.8) is 0 Å². The van der Waals surface area contributed by atoms with Gasteiger partial charge in [0.15, 0.2) is 11.9 Å². The number of ether oxygens (including phenoxy) is 1. The van der Waals surface area contributed by atoms with Gasteiger partial charge in [0.25, 0.3) is 0 Å². The van der Waals surface area contributed by atoms with Crippen molar-refractivity contribution >= 4 is 33.4 Å². The summed E-state index contributed by atoms with van der Waals surface area (Å²) in [5, 5.41) is 12.9. The maximum Gasteiger partial charge on any atom is 0.247 e. The average Bonchev–Trinajstić information content (AvgIpc) is 2.95. The molecule has 0 saturated carbocycles. The normalized spacial score (nSPS) is 14.6. The molecule has 4 aromatic rings. The Hall–Kier alpha value is -2.90. The molecule has 2 heterocycles. The summed E-state index contributed by atoms with van der Waals surface area (Å²) in [4.78, 5) is 4.70. The van der Waals surface area contributed by atoms with Crippen molar-refractivity contribution in [1.82, 2.24) is 15.2 Å². The highest BCUT2D eigenvalue weighted by Crippen LogP contribution is 2.39. The molecule has 1 aliphatic rings. The summed E-state index contributed by atoms with van der Waals surface area (Å²) in [5.74, 6) is 1.25. The largest absolute Gasteiger partial charge is 0.448 e. The molecule has 0 fully saturated rings. The summed E-state index contributed by atoms with van der Waals surface area (Å²) in [6.45, 7) is 0. The van der Waals surface area contributed by atoms with Crippen molar-refractivity contribution < 1.29 is 4.74 Å². The molecule has 5 nitrogen and oxygen atoms in total. The fraction of sp³-hybridized carbons (Fsp3) is 0.0870. The Labute approximate surface area is 187 Å². The molecule has 0 amide bonds. The maximum absolute atomic E-state index is 6.30. The first-order valence-corrected chi connectivity index (χ1v) is 11.2. The number of nitrogens with one attached hydrogen (secondary N) is 1. The molecule has 1 aliphatic heterocycles. The van der Waals surface area contributed by atoms with Crippen molar-refractivity contribution in [2.75, 3.05) is 5.32 Å². The third kappa shape index (κ3) is 4.04. The number of aromatic nitrogens is 3. The quantitative estimate of drug-likeness (QED) is 0.359. The molecule has 7 heteroatoms. The second kappa shape index (κ2) is 8.45. The van der Waals surface area contributed by atoms with Gasteiger partial charge in [-0.3, -0.25) is 0 Å². The molecule has 30 heavy (non-hydrogen) atoms. The Kier molecular flexibility index (Phi) is 5.38. The van der Waals surface area contributed by atoms with E-state index in [1.54, 1.807) is 11.8 Å². The van der Waals surface area contributed by atoms with Crippen molar-refractivity contribution in [3.05, 3.63) is 94.5 Å². The number of hydrogen-bond donors (Lipinski definition) is 1. The highest BCUT2D eigenvalue weighted by molar-refractivity contribution is 9.10. The minimum Gasteiger partial charge on any atom is -0.448 e. The van der Waals surface area contributed by atoms with Gasteiger partial charge >= 0.3 is 0 Å². The maximum atomic E-state index is 6.30. The van der Waals surface area contributed by atoms with E-state index in [2.05, 4.69) is 43.6 Å². The van der Waals surface area contributed by atoms with Gasteiger partial charge in [-0.1, -0.05) is 88.4 Å². The van der Waals surface area contributed by atoms with Crippen molar-refractivity contribution in [2.24, 2.45) is 0 Å². The van der Waals surface area contributed by atoms with Crippen LogP contribution in [-0.4, -0.2) is 15.2 Å². The van der Waals surface area contributed by atoms with E-state index < -0.39 is 0 Å². The minimum absolute atomic E-state index is 0.385. The summed E-state index contributed by atoms with van der Waals surface area (Å²) >= 11 is 5.03. The molecule has 1 aromatic heterocycles. The number of hydrogen-bond acceptors (Lipinski definition) is 6. The van der Waals surface area contributed by atoms with Gasteiger partial charge in [-0.05, 0) is 23.8 Å². The molecule has 0 aliphatic carbocycles. The molecular weight excluding hydrogens is 460 g/mol. The highest BCUT2D eigenvalue weighted by Gasteiger charge is 2.26. The Bertz CT molecular complexity index is 1170. The second-order valence-electron chi connectivity index (χ2n) is 6.76. The van der Waals surface area contributed by atoms with Crippen LogP contribution in [0.3, 0.4) is 0 Å². The Morgan fingerprint density at radius 1 is 0.900 bits per heavy atom. The summed E-state index contributed by atoms with van der Waals surface area (Å²) in [5.41, 5.74) is 4.71. The first-order valence-electron chi connectivity index (χ1n) is 9.46. The van der Waals surface area contributed by atoms with Gasteiger partial charge in [0.1, 0.15) is 0 Å². The van der Waals surface area contributed by atoms with E-state index in [4.69, 9.17) is 9.72 Å². The van der Waals surface area contributed by atoms with Gasteiger partial charge in [0.05, 0.1) is 0 Å². The number of fused-ring (bicyclic) bond motifs is 3. The lowest BCUT2D eigenvalue weighted by Crippen LogP contribution is -2.17. The molecular formula is C23H17BrN4OS. The van der Waals surface area contributed by atoms with E-state index in [1.165, 1.54) is 5.56 Å². The van der Waals surface area contributed by atoms with Gasteiger partial charge < -0.3 is 10.1 Å². The highest BCUT2D eigenvalue weighted by atomic mass is 79.9. The van der Waals surface area contributed by atoms with Crippen molar-refractivity contribution in [3.8, 4) is 17.1 Å². The van der Waals surface area contributed by atoms with E-state index in [0.717, 1.165) is 27.0 Å². The van der Waals surface area contributed by atoms with Crippen LogP contribution in [0.15, 0.2) is 88.5 Å². The number of para-hydroxylation sites is 1. The summed E-state index contributed by atoms with van der Waals surface area (Å²) in [7, 11) is 0. The van der Waals surface area contributed by atoms with Crippen LogP contribution in [0.1, 0.15) is 17.4 Å². The van der Waals surface area contributed by atoms with E-state index >= 15 is 0 Å². The Balaban J connectivity index is 1.50. The van der Waals surface area contributed by atoms with E-state index in [9.17, 15) is 0 Å². The molecule has 5 rings (SSSR count). The zero-order valence-electron chi connectivity index (χ0n) is 15.8. The average molecular weight is 477 g/mol. The van der Waals surface area contributed by atoms with Gasteiger partial charge in [-0.2, -0.15) is 4.98 Å². The first kappa shape index (κ1) is 19.1. The topological polar surface area (TPSA) is 59.9 Å². The van der Waals surface area contributed by atoms with Crippen LogP contribution in [0.4, 0.5) is 5.69 Å². The first-order chi connectivity index (χ1) is 14.8. The summed E-state index contributed by atoms with van der Waals surface area (Å²) in [6.07, 6.45) is -0.385. The van der Waals surface area contributed by atoms with E-state index in [1.807, 2.05) is 66.7 Å². The van der Waals surface area contributed by atoms with E-state index in [-0.39, 0.29) is 6.23 Å². The molecule has 1 N–H and O–H groups in total. The number of rotatable bonds is 4. The molecule has 0 spiro atoms. The molecule has 1 atom stereocenters. The van der Waals surface area contributed by atoms with Crippen LogP contribution in [-0.2, 0) is 5.75 Å². The number of halogens is 1. The molecule has 0 bridgehead atoms. The third-order valence-corrected chi connectivity index (χ3v) is 6.15. The standard InChI is InChI=1S/C23H17BrN4OS/c24-17-12-10-16(11-13-17)21-25-19-9-5-4-8-18(19)20-22(29-21)26-23(28-27-20)30-14-15-6-2-1-3-7-15/h1-13,21,25H,14H2. The summed E-state index contributed by atoms with van der Waals surface area (Å²) < 4.78 is 7.32. The monoisotopic (exact) mass is 476 g/mol. The van der Waals surface area contributed by atoms with Crippen LogP contribution >= 0.6 is 27.7 Å². The van der Waals surface area contributed by atoms with Crippen molar-refractivity contribution in [2.45, 2.75) is 17.1 Å². The van der Waals surface area contributed by atoms with Gasteiger partial charge in [-0.15, -0.1) is 10.2 Å². The lowest BCUT2D eigenvalue weighted by Gasteiger charge is -2.19. The van der Waals surface area contributed by atoms with Crippen LogP contribution in [0.5, 0.6) is 5.88 Å². The number of nitrogens with zero attached hydrogens (tertiary/aromatic N) is 3.